The van der Waals surface area contributed by atoms with Crippen LogP contribution in [0.25, 0.3) is 0 Å². The molecule has 0 bridgehead atoms. The average Bonchev–Trinajstić information content (AvgIpc) is 3.40. The van der Waals surface area contributed by atoms with Gasteiger partial charge in [-0.25, -0.2) is 0 Å². The molecule has 7 fully saturated rings. The summed E-state index contributed by atoms with van der Waals surface area (Å²) in [6.45, 7) is 27.1. The molecule has 1 saturated heterocycles. The van der Waals surface area contributed by atoms with Crippen LogP contribution in [0.3, 0.4) is 0 Å². The van der Waals surface area contributed by atoms with Crippen LogP contribution in [-0.4, -0.2) is 49.1 Å². The number of ether oxygens (including phenoxy) is 1. The zero-order valence-corrected chi connectivity index (χ0v) is 30.7. The van der Waals surface area contributed by atoms with Crippen molar-refractivity contribution < 1.29 is 14.3 Å². The maximum atomic E-state index is 14.8. The fourth-order valence-electron chi connectivity index (χ4n) is 14.5. The maximum absolute atomic E-state index is 14.8. The van der Waals surface area contributed by atoms with Gasteiger partial charge in [-0.05, 0) is 134 Å². The molecular weight excluding hydrogens is 568 g/mol. The van der Waals surface area contributed by atoms with Gasteiger partial charge in [0.25, 0.3) is 0 Å². The van der Waals surface area contributed by atoms with E-state index in [0.29, 0.717) is 66.2 Å². The highest BCUT2D eigenvalue weighted by molar-refractivity contribution is 5.86. The minimum absolute atomic E-state index is 0.0259. The van der Waals surface area contributed by atoms with E-state index in [-0.39, 0.29) is 34.1 Å². The van der Waals surface area contributed by atoms with Crippen molar-refractivity contribution in [3.63, 3.8) is 0 Å². The van der Waals surface area contributed by atoms with Gasteiger partial charge in [0.1, 0.15) is 0 Å². The molecule has 2 amide bonds. The number of nitrogens with zero attached hydrogens (tertiary/aromatic N) is 1. The number of morpholine rings is 1. The molecule has 6 aliphatic carbocycles. The predicted molar refractivity (Wildman–Crippen MR) is 185 cm³/mol. The normalized spacial score (nSPS) is 49.0. The number of hydrogen-bond donors (Lipinski definition) is 1. The third-order valence-corrected chi connectivity index (χ3v) is 17.5. The molecule has 5 nitrogen and oxygen atoms in total. The van der Waals surface area contributed by atoms with Gasteiger partial charge in [-0.15, -0.1) is 0 Å². The number of nitrogens with one attached hydrogen (secondary N) is 1. The minimum atomic E-state index is -0.305. The summed E-state index contributed by atoms with van der Waals surface area (Å²) in [4.78, 5) is 30.3. The van der Waals surface area contributed by atoms with Crippen molar-refractivity contribution in [3.8, 4) is 0 Å². The Labute approximate surface area is 280 Å². The van der Waals surface area contributed by atoms with Gasteiger partial charge in [-0.1, -0.05) is 67.0 Å². The number of rotatable bonds is 4. The number of allylic oxidation sites excluding steroid dienone is 1. The van der Waals surface area contributed by atoms with Crippen LogP contribution in [0.5, 0.6) is 0 Å². The lowest BCUT2D eigenvalue weighted by Gasteiger charge is -2.72. The van der Waals surface area contributed by atoms with Gasteiger partial charge < -0.3 is 15.0 Å². The van der Waals surface area contributed by atoms with Crippen molar-refractivity contribution >= 4 is 11.8 Å². The van der Waals surface area contributed by atoms with E-state index in [9.17, 15) is 9.59 Å². The monoisotopic (exact) mass is 635 g/mol. The van der Waals surface area contributed by atoms with Crippen molar-refractivity contribution in [1.82, 2.24) is 10.2 Å². The summed E-state index contributed by atoms with van der Waals surface area (Å²) in [6.07, 6.45) is 14.5. The molecule has 0 aromatic rings. The molecule has 1 N–H and O–H groups in total. The molecule has 5 heteroatoms. The van der Waals surface area contributed by atoms with Gasteiger partial charge in [-0.2, -0.15) is 0 Å². The molecule has 0 aromatic carbocycles. The Morgan fingerprint density at radius 1 is 0.804 bits per heavy atom. The SMILES string of the molecule is C=C(C)[C@@H]1CC[C@]2(C(=O)N[C@H]3C[C@@H](C(=O)N4CCOCC4)C3(C)C)CC[C@]3(C)[C@H](CC[C@@H]4[C@]5(C)CCCC(C)(C)[C@H]5CC[C@]43C)[C@@H]12. The van der Waals surface area contributed by atoms with E-state index >= 15 is 0 Å². The Balaban J connectivity index is 1.15. The Bertz CT molecular complexity index is 1270. The van der Waals surface area contributed by atoms with Crippen LogP contribution in [0, 0.1) is 68.0 Å². The van der Waals surface area contributed by atoms with Crippen LogP contribution in [0.2, 0.25) is 0 Å². The van der Waals surface area contributed by atoms with E-state index in [1.165, 1.54) is 56.9 Å². The minimum Gasteiger partial charge on any atom is -0.378 e. The fourth-order valence-corrected chi connectivity index (χ4v) is 14.5. The van der Waals surface area contributed by atoms with Crippen LogP contribution in [0.1, 0.15) is 132 Å². The molecule has 0 unspecified atom stereocenters. The molecule has 11 atom stereocenters. The number of carbonyl (C=O) groups excluding carboxylic acids is 2. The smallest absolute Gasteiger partial charge is 0.226 e. The molecule has 258 valence electrons. The van der Waals surface area contributed by atoms with Gasteiger partial charge in [0, 0.05) is 25.0 Å². The molecule has 1 heterocycles. The summed E-state index contributed by atoms with van der Waals surface area (Å²) in [5, 5.41) is 3.65. The Morgan fingerprint density at radius 3 is 2.20 bits per heavy atom. The molecule has 6 saturated carbocycles. The van der Waals surface area contributed by atoms with E-state index in [2.05, 4.69) is 67.3 Å². The number of amides is 2. The van der Waals surface area contributed by atoms with E-state index in [4.69, 9.17) is 4.74 Å². The average molecular weight is 635 g/mol. The first-order chi connectivity index (χ1) is 21.5. The highest BCUT2D eigenvalue weighted by Gasteiger charge is 2.71. The number of carbonyl (C=O) groups is 2. The van der Waals surface area contributed by atoms with Gasteiger partial charge >= 0.3 is 0 Å². The van der Waals surface area contributed by atoms with Gasteiger partial charge in [0.05, 0.1) is 18.6 Å². The zero-order chi connectivity index (χ0) is 33.1. The van der Waals surface area contributed by atoms with Crippen LogP contribution in [0.4, 0.5) is 0 Å². The van der Waals surface area contributed by atoms with E-state index in [0.717, 1.165) is 37.5 Å². The Kier molecular flexibility index (Phi) is 7.80. The van der Waals surface area contributed by atoms with Crippen LogP contribution < -0.4 is 5.32 Å². The maximum Gasteiger partial charge on any atom is 0.226 e. The molecule has 1 aliphatic heterocycles. The fraction of sp³-hybridized carbons (Fsp3) is 0.902. The molecule has 0 spiro atoms. The van der Waals surface area contributed by atoms with Gasteiger partial charge in [-0.3, -0.25) is 9.59 Å². The molecule has 46 heavy (non-hydrogen) atoms. The van der Waals surface area contributed by atoms with Crippen molar-refractivity contribution in [2.45, 2.75) is 138 Å². The standard InChI is InChI=1S/C41H66N2O3/c1-26(2)27-13-18-41(35(45)42-32-25-29(37(32,5)6)34(44)43-21-23-46-24-22-43)20-19-39(8)28(33(27)41)11-12-31-38(7)16-10-15-36(3,4)30(38)14-17-40(31,39)9/h27-33H,1,10-25H2,2-9H3,(H,42,45)/t27-,28+,29-,30+,31+,32-,33+,38+,39+,40+,41-/m0/s1. The second kappa shape index (κ2) is 10.8. The third-order valence-electron chi connectivity index (χ3n) is 17.5. The van der Waals surface area contributed by atoms with Gasteiger partial charge in [0.15, 0.2) is 0 Å². The summed E-state index contributed by atoms with van der Waals surface area (Å²) < 4.78 is 5.50. The first-order valence-electron chi connectivity index (χ1n) is 19.4. The van der Waals surface area contributed by atoms with E-state index in [1.807, 2.05) is 4.90 Å². The van der Waals surface area contributed by atoms with Crippen LogP contribution >= 0.6 is 0 Å². The number of fused-ring (bicyclic) bond motifs is 7. The summed E-state index contributed by atoms with van der Waals surface area (Å²) in [6, 6.07) is 0.0559. The van der Waals surface area contributed by atoms with E-state index < -0.39 is 0 Å². The lowest BCUT2D eigenvalue weighted by molar-refractivity contribution is -0.235. The molecule has 7 aliphatic rings. The summed E-state index contributed by atoms with van der Waals surface area (Å²) in [5.74, 6) is 3.52. The zero-order valence-electron chi connectivity index (χ0n) is 30.7. The molecular formula is C41H66N2O3. The third kappa shape index (κ3) is 4.40. The summed E-state index contributed by atoms with van der Waals surface area (Å²) in [5.41, 5.74) is 2.21. The predicted octanol–water partition coefficient (Wildman–Crippen LogP) is 8.42. The topological polar surface area (TPSA) is 58.6 Å². The molecule has 7 rings (SSSR count). The first kappa shape index (κ1) is 33.2. The van der Waals surface area contributed by atoms with E-state index in [1.54, 1.807) is 0 Å². The van der Waals surface area contributed by atoms with Crippen molar-refractivity contribution in [3.05, 3.63) is 12.2 Å². The van der Waals surface area contributed by atoms with Crippen molar-refractivity contribution in [2.75, 3.05) is 26.3 Å². The van der Waals surface area contributed by atoms with Crippen LogP contribution in [0.15, 0.2) is 12.2 Å². The van der Waals surface area contributed by atoms with Gasteiger partial charge in [0.2, 0.25) is 11.8 Å². The summed E-state index contributed by atoms with van der Waals surface area (Å²) in [7, 11) is 0. The quantitative estimate of drug-likeness (QED) is 0.316. The first-order valence-corrected chi connectivity index (χ1v) is 19.4. The Hall–Kier alpha value is -1.36. The second-order valence-electron chi connectivity index (χ2n) is 19.8. The molecule has 0 radical (unpaired) electrons. The second-order valence-corrected chi connectivity index (χ2v) is 19.8. The number of hydrogen-bond acceptors (Lipinski definition) is 3. The largest absolute Gasteiger partial charge is 0.378 e. The lowest BCUT2D eigenvalue weighted by Crippen LogP contribution is -2.68. The van der Waals surface area contributed by atoms with Crippen molar-refractivity contribution in [2.24, 2.45) is 68.0 Å². The molecule has 0 aromatic heterocycles. The highest BCUT2D eigenvalue weighted by Crippen LogP contribution is 2.77. The highest BCUT2D eigenvalue weighted by atomic mass is 16.5. The van der Waals surface area contributed by atoms with Crippen LogP contribution in [-0.2, 0) is 14.3 Å². The Morgan fingerprint density at radius 2 is 1.52 bits per heavy atom. The van der Waals surface area contributed by atoms with Crippen molar-refractivity contribution in [1.29, 1.82) is 0 Å². The lowest BCUT2D eigenvalue weighted by atomic mass is 9.32. The summed E-state index contributed by atoms with van der Waals surface area (Å²) >= 11 is 0.